The zero-order valence-electron chi connectivity index (χ0n) is 8.20. The van der Waals surface area contributed by atoms with Crippen molar-refractivity contribution in [3.05, 3.63) is 11.9 Å². The van der Waals surface area contributed by atoms with Crippen LogP contribution >= 0.6 is 0 Å². The van der Waals surface area contributed by atoms with E-state index in [0.29, 0.717) is 0 Å². The molecule has 14 heavy (non-hydrogen) atoms. The minimum absolute atomic E-state index is 0.191. The maximum atomic E-state index is 11.4. The fraction of sp³-hybridized carbons (Fsp3) is 0.375. The molecule has 1 aromatic heterocycles. The van der Waals surface area contributed by atoms with E-state index < -0.39 is 0 Å². The molecule has 1 N–H and O–H groups in total. The smallest absolute Gasteiger partial charge is 0.262 e. The first-order valence-electron chi connectivity index (χ1n) is 3.89. The lowest BCUT2D eigenvalue weighted by atomic mass is 10.3. The summed E-state index contributed by atoms with van der Waals surface area (Å²) in [5.74, 6) is 0.0340. The monoisotopic (exact) mass is 197 g/mol. The van der Waals surface area contributed by atoms with Crippen molar-refractivity contribution in [2.24, 2.45) is 0 Å². The zero-order valence-corrected chi connectivity index (χ0v) is 8.20. The molecular formula is C8H11N3O3. The zero-order chi connectivity index (χ0) is 10.6. The van der Waals surface area contributed by atoms with Crippen LogP contribution in [0.15, 0.2) is 6.33 Å². The summed E-state index contributed by atoms with van der Waals surface area (Å²) in [5.41, 5.74) is 0.194. The Labute approximate surface area is 81.3 Å². The first kappa shape index (κ1) is 10.2. The van der Waals surface area contributed by atoms with Crippen LogP contribution in [0.5, 0.6) is 11.8 Å². The largest absolute Gasteiger partial charge is 0.480 e. The van der Waals surface area contributed by atoms with Crippen molar-refractivity contribution in [2.45, 2.75) is 0 Å². The number of nitrogens with one attached hydrogen (secondary N) is 1. The Morgan fingerprint density at radius 1 is 1.29 bits per heavy atom. The Morgan fingerprint density at radius 3 is 2.14 bits per heavy atom. The molecule has 0 radical (unpaired) electrons. The third-order valence-electron chi connectivity index (χ3n) is 1.62. The van der Waals surface area contributed by atoms with Gasteiger partial charge in [0.2, 0.25) is 11.8 Å². The summed E-state index contributed by atoms with van der Waals surface area (Å²) in [6.07, 6.45) is 1.27. The van der Waals surface area contributed by atoms with E-state index >= 15 is 0 Å². The number of aromatic nitrogens is 2. The molecule has 0 aliphatic carbocycles. The molecule has 0 spiro atoms. The van der Waals surface area contributed by atoms with Crippen molar-refractivity contribution < 1.29 is 14.3 Å². The van der Waals surface area contributed by atoms with E-state index in [9.17, 15) is 4.79 Å². The predicted octanol–water partition coefficient (Wildman–Crippen LogP) is -0.147. The summed E-state index contributed by atoms with van der Waals surface area (Å²) < 4.78 is 9.84. The Balaban J connectivity index is 3.25. The fourth-order valence-electron chi connectivity index (χ4n) is 0.983. The van der Waals surface area contributed by atoms with E-state index in [4.69, 9.17) is 9.47 Å². The summed E-state index contributed by atoms with van der Waals surface area (Å²) in [7, 11) is 4.36. The molecule has 0 saturated heterocycles. The Bertz CT molecular complexity index is 318. The number of rotatable bonds is 3. The van der Waals surface area contributed by atoms with Crippen LogP contribution in [0.1, 0.15) is 10.4 Å². The van der Waals surface area contributed by atoms with Crippen LogP contribution in [0.2, 0.25) is 0 Å². The van der Waals surface area contributed by atoms with Crippen LogP contribution in [-0.2, 0) is 0 Å². The molecule has 1 rings (SSSR count). The van der Waals surface area contributed by atoms with Gasteiger partial charge in [-0.15, -0.1) is 0 Å². The number of hydrogen-bond donors (Lipinski definition) is 1. The molecule has 1 aromatic rings. The summed E-state index contributed by atoms with van der Waals surface area (Å²) in [6, 6.07) is 0. The third-order valence-corrected chi connectivity index (χ3v) is 1.62. The van der Waals surface area contributed by atoms with Crippen molar-refractivity contribution in [2.75, 3.05) is 21.3 Å². The number of carbonyl (C=O) groups excluding carboxylic acids is 1. The highest BCUT2D eigenvalue weighted by Gasteiger charge is 2.19. The van der Waals surface area contributed by atoms with E-state index in [1.807, 2.05) is 0 Å². The van der Waals surface area contributed by atoms with Crippen LogP contribution in [0.25, 0.3) is 0 Å². The fourth-order valence-corrected chi connectivity index (χ4v) is 0.983. The third kappa shape index (κ3) is 1.73. The molecule has 0 bridgehead atoms. The predicted molar refractivity (Wildman–Crippen MR) is 48.5 cm³/mol. The van der Waals surface area contributed by atoms with Gasteiger partial charge in [0.15, 0.2) is 5.56 Å². The molecule has 0 fully saturated rings. The van der Waals surface area contributed by atoms with Crippen LogP contribution in [0.4, 0.5) is 0 Å². The average molecular weight is 197 g/mol. The Kier molecular flexibility index (Phi) is 3.22. The Hall–Kier alpha value is -1.85. The molecule has 0 saturated carbocycles. The summed E-state index contributed by atoms with van der Waals surface area (Å²) in [6.45, 7) is 0. The molecule has 0 aliphatic heterocycles. The molecule has 1 amide bonds. The van der Waals surface area contributed by atoms with Crippen molar-refractivity contribution in [3.8, 4) is 11.8 Å². The van der Waals surface area contributed by atoms with Gasteiger partial charge < -0.3 is 14.8 Å². The van der Waals surface area contributed by atoms with Gasteiger partial charge in [-0.3, -0.25) is 4.79 Å². The van der Waals surface area contributed by atoms with Gasteiger partial charge in [0.1, 0.15) is 6.33 Å². The maximum absolute atomic E-state index is 11.4. The van der Waals surface area contributed by atoms with Gasteiger partial charge in [-0.1, -0.05) is 0 Å². The highest BCUT2D eigenvalue weighted by atomic mass is 16.5. The minimum atomic E-state index is -0.348. The SMILES string of the molecule is CNC(=O)c1c(OC)ncnc1OC. The van der Waals surface area contributed by atoms with Gasteiger partial charge in [0.05, 0.1) is 14.2 Å². The molecule has 0 atom stereocenters. The number of nitrogens with zero attached hydrogens (tertiary/aromatic N) is 2. The van der Waals surface area contributed by atoms with E-state index in [2.05, 4.69) is 15.3 Å². The van der Waals surface area contributed by atoms with Crippen molar-refractivity contribution in [1.82, 2.24) is 15.3 Å². The van der Waals surface area contributed by atoms with Gasteiger partial charge in [0.25, 0.3) is 5.91 Å². The molecule has 0 aliphatic rings. The van der Waals surface area contributed by atoms with Crippen LogP contribution < -0.4 is 14.8 Å². The molecule has 6 heteroatoms. The quantitative estimate of drug-likeness (QED) is 0.729. The lowest BCUT2D eigenvalue weighted by Gasteiger charge is -2.08. The summed E-state index contributed by atoms with van der Waals surface area (Å²) >= 11 is 0. The topological polar surface area (TPSA) is 73.3 Å². The van der Waals surface area contributed by atoms with E-state index in [-0.39, 0.29) is 23.2 Å². The maximum Gasteiger partial charge on any atom is 0.262 e. The van der Waals surface area contributed by atoms with E-state index in [1.54, 1.807) is 0 Å². The number of carbonyl (C=O) groups is 1. The second kappa shape index (κ2) is 4.40. The van der Waals surface area contributed by atoms with Crippen molar-refractivity contribution >= 4 is 5.91 Å². The number of methoxy groups -OCH3 is 2. The van der Waals surface area contributed by atoms with Gasteiger partial charge in [0, 0.05) is 7.05 Å². The first-order chi connectivity index (χ1) is 6.74. The summed E-state index contributed by atoms with van der Waals surface area (Å²) in [4.78, 5) is 19.0. The highest BCUT2D eigenvalue weighted by Crippen LogP contribution is 2.22. The van der Waals surface area contributed by atoms with Gasteiger partial charge in [-0.2, -0.15) is 0 Å². The van der Waals surface area contributed by atoms with Gasteiger partial charge in [-0.25, -0.2) is 9.97 Å². The van der Waals surface area contributed by atoms with Crippen molar-refractivity contribution in [3.63, 3.8) is 0 Å². The summed E-state index contributed by atoms with van der Waals surface area (Å²) in [5, 5.41) is 2.45. The van der Waals surface area contributed by atoms with Crippen molar-refractivity contribution in [1.29, 1.82) is 0 Å². The van der Waals surface area contributed by atoms with Crippen LogP contribution in [0, 0.1) is 0 Å². The molecule has 0 unspecified atom stereocenters. The Morgan fingerprint density at radius 2 is 1.79 bits per heavy atom. The van der Waals surface area contributed by atoms with Gasteiger partial charge in [-0.05, 0) is 0 Å². The normalized spacial score (nSPS) is 9.36. The molecule has 0 aromatic carbocycles. The lowest BCUT2D eigenvalue weighted by molar-refractivity contribution is 0.0955. The van der Waals surface area contributed by atoms with Crippen LogP contribution in [0.3, 0.4) is 0 Å². The second-order valence-electron chi connectivity index (χ2n) is 2.35. The molecule has 6 nitrogen and oxygen atoms in total. The number of ether oxygens (including phenoxy) is 2. The standard InChI is InChI=1S/C8H11N3O3/c1-9-6(12)5-7(13-2)10-4-11-8(5)14-3/h4H,1-3H3,(H,9,12). The highest BCUT2D eigenvalue weighted by molar-refractivity contribution is 5.98. The molecular weight excluding hydrogens is 186 g/mol. The number of amides is 1. The van der Waals surface area contributed by atoms with E-state index in [1.165, 1.54) is 27.6 Å². The first-order valence-corrected chi connectivity index (χ1v) is 3.89. The van der Waals surface area contributed by atoms with Gasteiger partial charge >= 0.3 is 0 Å². The van der Waals surface area contributed by atoms with E-state index in [0.717, 1.165) is 0 Å². The second-order valence-corrected chi connectivity index (χ2v) is 2.35. The molecule has 1 heterocycles. The number of hydrogen-bond acceptors (Lipinski definition) is 5. The minimum Gasteiger partial charge on any atom is -0.480 e. The molecule has 76 valence electrons. The van der Waals surface area contributed by atoms with Crippen LogP contribution in [-0.4, -0.2) is 37.1 Å². The average Bonchev–Trinajstić information content (AvgIpc) is 2.26. The lowest BCUT2D eigenvalue weighted by Crippen LogP contribution is -2.20.